The van der Waals surface area contributed by atoms with Gasteiger partial charge in [0.25, 0.3) is 0 Å². The highest BCUT2D eigenvalue weighted by Crippen LogP contribution is 2.25. The topological polar surface area (TPSA) is 57.5 Å². The molecule has 0 radical (unpaired) electrons. The fraction of sp³-hybridized carbons (Fsp3) is 0.800. The summed E-state index contributed by atoms with van der Waals surface area (Å²) >= 11 is 0. The highest BCUT2D eigenvalue weighted by atomic mass is 15.3. The summed E-state index contributed by atoms with van der Waals surface area (Å²) in [6, 6.07) is 1.39. The van der Waals surface area contributed by atoms with Crippen LogP contribution in [0.3, 0.4) is 0 Å². The molecule has 2 aliphatic rings. The van der Waals surface area contributed by atoms with Gasteiger partial charge < -0.3 is 15.5 Å². The van der Waals surface area contributed by atoms with Crippen LogP contribution in [0.4, 0.5) is 0 Å². The molecule has 1 aliphatic heterocycles. The number of aromatic nitrogens is 2. The Morgan fingerprint density at radius 1 is 1.19 bits per heavy atom. The van der Waals surface area contributed by atoms with E-state index in [4.69, 9.17) is 4.99 Å². The predicted molar refractivity (Wildman–Crippen MR) is 108 cm³/mol. The summed E-state index contributed by atoms with van der Waals surface area (Å²) in [5, 5.41) is 11.4. The first-order chi connectivity index (χ1) is 12.7. The zero-order valence-electron chi connectivity index (χ0n) is 16.6. The molecule has 0 spiro atoms. The number of hydrogen-bond acceptors (Lipinski definition) is 3. The summed E-state index contributed by atoms with van der Waals surface area (Å²) in [7, 11) is 0. The Balaban J connectivity index is 1.43. The number of guanidine groups is 1. The molecule has 1 saturated carbocycles. The van der Waals surface area contributed by atoms with Crippen LogP contribution >= 0.6 is 0 Å². The molecule has 0 unspecified atom stereocenters. The lowest BCUT2D eigenvalue weighted by molar-refractivity contribution is 0.119. The Labute approximate surface area is 158 Å². The third-order valence-corrected chi connectivity index (χ3v) is 5.67. The summed E-state index contributed by atoms with van der Waals surface area (Å²) < 4.78 is 1.96. The molecular weight excluding hydrogens is 324 g/mol. The van der Waals surface area contributed by atoms with Gasteiger partial charge in [0.1, 0.15) is 0 Å². The van der Waals surface area contributed by atoms with Gasteiger partial charge in [-0.2, -0.15) is 5.10 Å². The minimum Gasteiger partial charge on any atom is -0.357 e. The van der Waals surface area contributed by atoms with Gasteiger partial charge in [0.2, 0.25) is 0 Å². The van der Waals surface area contributed by atoms with Crippen LogP contribution in [0.15, 0.2) is 17.4 Å². The van der Waals surface area contributed by atoms with Crippen LogP contribution in [0.2, 0.25) is 0 Å². The Kier molecular flexibility index (Phi) is 7.35. The van der Waals surface area contributed by atoms with Crippen LogP contribution in [-0.4, -0.2) is 58.9 Å². The van der Waals surface area contributed by atoms with E-state index in [1.54, 1.807) is 0 Å². The van der Waals surface area contributed by atoms with Gasteiger partial charge in [0.15, 0.2) is 5.96 Å². The highest BCUT2D eigenvalue weighted by molar-refractivity contribution is 5.80. The molecule has 0 amide bonds. The van der Waals surface area contributed by atoms with Crippen LogP contribution in [0.1, 0.15) is 57.4 Å². The maximum absolute atomic E-state index is 4.74. The second-order valence-corrected chi connectivity index (χ2v) is 7.79. The van der Waals surface area contributed by atoms with Crippen molar-refractivity contribution in [2.24, 2.45) is 4.99 Å². The maximum atomic E-state index is 4.74. The Morgan fingerprint density at radius 3 is 2.62 bits per heavy atom. The number of nitrogens with one attached hydrogen (secondary N) is 2. The molecule has 1 aliphatic carbocycles. The van der Waals surface area contributed by atoms with E-state index >= 15 is 0 Å². The SMILES string of the molecule is CCNC(=NCCn1cc(C)cn1)NC1CCN(C2CCCCC2)CC1. The van der Waals surface area contributed by atoms with Gasteiger partial charge in [-0.25, -0.2) is 0 Å². The molecule has 146 valence electrons. The monoisotopic (exact) mass is 360 g/mol. The standard InChI is InChI=1S/C20H36N6/c1-3-21-20(22-11-14-26-16-17(2)15-23-26)24-18-9-12-25(13-10-18)19-7-5-4-6-8-19/h15-16,18-19H,3-14H2,1-2H3,(H2,21,22,24). The molecule has 0 aromatic carbocycles. The molecular formula is C20H36N6. The lowest BCUT2D eigenvalue weighted by atomic mass is 9.92. The molecule has 2 fully saturated rings. The summed E-state index contributed by atoms with van der Waals surface area (Å²) in [5.74, 6) is 0.951. The summed E-state index contributed by atoms with van der Waals surface area (Å²) in [6.07, 6.45) is 13.5. The number of aryl methyl sites for hydroxylation is 1. The zero-order valence-corrected chi connectivity index (χ0v) is 16.6. The first-order valence-electron chi connectivity index (χ1n) is 10.5. The van der Waals surface area contributed by atoms with Crippen molar-refractivity contribution in [2.45, 2.75) is 77.4 Å². The van der Waals surface area contributed by atoms with Crippen molar-refractivity contribution in [2.75, 3.05) is 26.2 Å². The lowest BCUT2D eigenvalue weighted by Crippen LogP contribution is -2.51. The number of nitrogens with zero attached hydrogens (tertiary/aromatic N) is 4. The summed E-state index contributed by atoms with van der Waals surface area (Å²) in [4.78, 5) is 7.48. The molecule has 1 aromatic rings. The summed E-state index contributed by atoms with van der Waals surface area (Å²) in [5.41, 5.74) is 1.20. The van der Waals surface area contributed by atoms with E-state index in [1.807, 2.05) is 10.9 Å². The highest BCUT2D eigenvalue weighted by Gasteiger charge is 2.26. The quantitative estimate of drug-likeness (QED) is 0.605. The van der Waals surface area contributed by atoms with Crippen molar-refractivity contribution in [3.8, 4) is 0 Å². The van der Waals surface area contributed by atoms with Gasteiger partial charge in [0.05, 0.1) is 19.3 Å². The van der Waals surface area contributed by atoms with Crippen LogP contribution in [0.5, 0.6) is 0 Å². The zero-order chi connectivity index (χ0) is 18.2. The second kappa shape index (κ2) is 9.95. The summed E-state index contributed by atoms with van der Waals surface area (Å²) in [6.45, 7) is 9.12. The van der Waals surface area contributed by atoms with Crippen molar-refractivity contribution in [3.63, 3.8) is 0 Å². The van der Waals surface area contributed by atoms with Gasteiger partial charge in [-0.1, -0.05) is 19.3 Å². The van der Waals surface area contributed by atoms with Crippen LogP contribution in [0.25, 0.3) is 0 Å². The van der Waals surface area contributed by atoms with Crippen molar-refractivity contribution in [1.29, 1.82) is 0 Å². The Hall–Kier alpha value is -1.56. The number of aliphatic imine (C=N–C) groups is 1. The fourth-order valence-corrected chi connectivity index (χ4v) is 4.22. The first-order valence-corrected chi connectivity index (χ1v) is 10.5. The van der Waals surface area contributed by atoms with Gasteiger partial charge in [-0.05, 0) is 45.1 Å². The van der Waals surface area contributed by atoms with E-state index in [2.05, 4.69) is 40.7 Å². The van der Waals surface area contributed by atoms with E-state index in [-0.39, 0.29) is 0 Å². The molecule has 2 N–H and O–H groups in total. The molecule has 0 atom stereocenters. The molecule has 1 saturated heterocycles. The minimum absolute atomic E-state index is 0.541. The van der Waals surface area contributed by atoms with Crippen LogP contribution in [-0.2, 0) is 6.54 Å². The first kappa shape index (κ1) is 19.2. The molecule has 26 heavy (non-hydrogen) atoms. The van der Waals surface area contributed by atoms with Gasteiger partial charge in [-0.15, -0.1) is 0 Å². The van der Waals surface area contributed by atoms with E-state index in [9.17, 15) is 0 Å². The maximum Gasteiger partial charge on any atom is 0.191 e. The molecule has 3 rings (SSSR count). The largest absolute Gasteiger partial charge is 0.357 e. The van der Waals surface area contributed by atoms with Crippen molar-refractivity contribution < 1.29 is 0 Å². The van der Waals surface area contributed by atoms with E-state index in [1.165, 1.54) is 63.6 Å². The third-order valence-electron chi connectivity index (χ3n) is 5.67. The van der Waals surface area contributed by atoms with Crippen molar-refractivity contribution in [3.05, 3.63) is 18.0 Å². The minimum atomic E-state index is 0.541. The Bertz CT molecular complexity index is 552. The van der Waals surface area contributed by atoms with Crippen LogP contribution < -0.4 is 10.6 Å². The molecule has 0 bridgehead atoms. The molecule has 2 heterocycles. The average molecular weight is 361 g/mol. The van der Waals surface area contributed by atoms with E-state index in [0.717, 1.165) is 31.6 Å². The van der Waals surface area contributed by atoms with Crippen molar-refractivity contribution >= 4 is 5.96 Å². The van der Waals surface area contributed by atoms with Crippen LogP contribution in [0, 0.1) is 6.92 Å². The lowest BCUT2D eigenvalue weighted by Gasteiger charge is -2.39. The van der Waals surface area contributed by atoms with E-state index in [0.29, 0.717) is 6.04 Å². The number of piperidine rings is 1. The molecule has 1 aromatic heterocycles. The van der Waals surface area contributed by atoms with Gasteiger partial charge in [0, 0.05) is 37.9 Å². The molecule has 6 nitrogen and oxygen atoms in total. The normalized spacial score (nSPS) is 21.1. The van der Waals surface area contributed by atoms with E-state index < -0.39 is 0 Å². The molecule has 6 heteroatoms. The predicted octanol–water partition coefficient (Wildman–Crippen LogP) is 2.54. The average Bonchev–Trinajstić information content (AvgIpc) is 3.08. The van der Waals surface area contributed by atoms with Crippen molar-refractivity contribution in [1.82, 2.24) is 25.3 Å². The van der Waals surface area contributed by atoms with Gasteiger partial charge in [-0.3, -0.25) is 9.67 Å². The number of likely N-dealkylation sites (tertiary alicyclic amines) is 1. The second-order valence-electron chi connectivity index (χ2n) is 7.79. The number of rotatable bonds is 6. The van der Waals surface area contributed by atoms with Gasteiger partial charge >= 0.3 is 0 Å². The Morgan fingerprint density at radius 2 is 1.96 bits per heavy atom. The fourth-order valence-electron chi connectivity index (χ4n) is 4.22. The third kappa shape index (κ3) is 5.73. The smallest absolute Gasteiger partial charge is 0.191 e. The number of hydrogen-bond donors (Lipinski definition) is 2.